The van der Waals surface area contributed by atoms with Crippen molar-refractivity contribution in [1.82, 2.24) is 5.32 Å². The first-order chi connectivity index (χ1) is 11.7. The maximum Gasteiger partial charge on any atom is 0.319 e. The molecule has 24 heavy (non-hydrogen) atoms. The Morgan fingerprint density at radius 1 is 1.17 bits per heavy atom. The van der Waals surface area contributed by atoms with E-state index in [4.69, 9.17) is 4.74 Å². The van der Waals surface area contributed by atoms with Crippen LogP contribution in [0, 0.1) is 0 Å². The fourth-order valence-electron chi connectivity index (χ4n) is 2.72. The normalized spacial score (nSPS) is 16.8. The van der Waals surface area contributed by atoms with E-state index in [1.807, 2.05) is 30.3 Å². The number of carbonyl (C=O) groups is 2. The number of rotatable bonds is 4. The molecular formula is C18H19N3O3. The third kappa shape index (κ3) is 3.65. The smallest absolute Gasteiger partial charge is 0.319 e. The van der Waals surface area contributed by atoms with Crippen LogP contribution in [0.25, 0.3) is 0 Å². The van der Waals surface area contributed by atoms with E-state index in [0.717, 1.165) is 5.69 Å². The predicted molar refractivity (Wildman–Crippen MR) is 92.3 cm³/mol. The molecule has 2 N–H and O–H groups in total. The van der Waals surface area contributed by atoms with Gasteiger partial charge in [-0.25, -0.2) is 4.79 Å². The number of ether oxygens (including phenoxy) is 1. The molecule has 3 amide bonds. The van der Waals surface area contributed by atoms with Gasteiger partial charge in [0.05, 0.1) is 13.2 Å². The third-order valence-electron chi connectivity index (χ3n) is 3.86. The van der Waals surface area contributed by atoms with Crippen LogP contribution in [0.3, 0.4) is 0 Å². The van der Waals surface area contributed by atoms with Gasteiger partial charge in [0.1, 0.15) is 5.75 Å². The van der Waals surface area contributed by atoms with E-state index in [2.05, 4.69) is 10.6 Å². The molecule has 0 radical (unpaired) electrons. The summed E-state index contributed by atoms with van der Waals surface area (Å²) in [6.07, 6.45) is 0.292. The monoisotopic (exact) mass is 325 g/mol. The Morgan fingerprint density at radius 3 is 2.71 bits per heavy atom. The number of benzene rings is 2. The van der Waals surface area contributed by atoms with E-state index < -0.39 is 0 Å². The minimum Gasteiger partial charge on any atom is -0.497 e. The molecule has 1 atom stereocenters. The Kier molecular flexibility index (Phi) is 4.65. The van der Waals surface area contributed by atoms with E-state index in [9.17, 15) is 9.59 Å². The van der Waals surface area contributed by atoms with E-state index >= 15 is 0 Å². The molecule has 1 aliphatic rings. The quantitative estimate of drug-likeness (QED) is 0.908. The first-order valence-electron chi connectivity index (χ1n) is 7.72. The summed E-state index contributed by atoms with van der Waals surface area (Å²) in [6.45, 7) is 0.467. The number of amides is 3. The molecule has 1 aliphatic heterocycles. The summed E-state index contributed by atoms with van der Waals surface area (Å²) in [5.74, 6) is 0.673. The highest BCUT2D eigenvalue weighted by Crippen LogP contribution is 2.21. The van der Waals surface area contributed by atoms with Gasteiger partial charge >= 0.3 is 6.03 Å². The minimum absolute atomic E-state index is 0.00730. The van der Waals surface area contributed by atoms with Gasteiger partial charge in [0.15, 0.2) is 0 Å². The maximum atomic E-state index is 12.1. The van der Waals surface area contributed by atoms with Crippen LogP contribution in [0.4, 0.5) is 16.2 Å². The Morgan fingerprint density at radius 2 is 1.96 bits per heavy atom. The minimum atomic E-state index is -0.337. The molecular weight excluding hydrogens is 306 g/mol. The molecule has 1 saturated heterocycles. The zero-order valence-electron chi connectivity index (χ0n) is 13.4. The Bertz CT molecular complexity index is 733. The number of nitrogens with zero attached hydrogens (tertiary/aromatic N) is 1. The number of urea groups is 1. The molecule has 0 spiro atoms. The van der Waals surface area contributed by atoms with Crippen molar-refractivity contribution in [3.63, 3.8) is 0 Å². The Hall–Kier alpha value is -3.02. The summed E-state index contributed by atoms with van der Waals surface area (Å²) < 4.78 is 5.12. The van der Waals surface area contributed by atoms with Crippen molar-refractivity contribution >= 4 is 23.3 Å². The van der Waals surface area contributed by atoms with E-state index in [-0.39, 0.29) is 18.0 Å². The fourth-order valence-corrected chi connectivity index (χ4v) is 2.72. The summed E-state index contributed by atoms with van der Waals surface area (Å²) in [5.41, 5.74) is 1.48. The molecule has 2 aromatic rings. The average molecular weight is 325 g/mol. The van der Waals surface area contributed by atoms with Crippen LogP contribution < -0.4 is 20.3 Å². The standard InChI is InChI=1S/C18H19N3O3/c1-24-16-9-5-6-13(10-16)19-18(23)20-14-11-17(22)21(12-14)15-7-3-2-4-8-15/h2-10,14H,11-12H2,1H3,(H2,19,20,23)/t14-/m0/s1. The van der Waals surface area contributed by atoms with Crippen molar-refractivity contribution < 1.29 is 14.3 Å². The summed E-state index contributed by atoms with van der Waals surface area (Å²) in [4.78, 5) is 26.0. The molecule has 124 valence electrons. The average Bonchev–Trinajstić information content (AvgIpc) is 2.96. The zero-order chi connectivity index (χ0) is 16.9. The van der Waals surface area contributed by atoms with Crippen LogP contribution in [0.1, 0.15) is 6.42 Å². The van der Waals surface area contributed by atoms with Gasteiger partial charge in [0, 0.05) is 30.4 Å². The Balaban J connectivity index is 1.58. The molecule has 0 aliphatic carbocycles. The summed E-state index contributed by atoms with van der Waals surface area (Å²) in [5, 5.41) is 5.59. The first-order valence-corrected chi connectivity index (χ1v) is 7.72. The summed E-state index contributed by atoms with van der Waals surface area (Å²) in [7, 11) is 1.57. The summed E-state index contributed by atoms with van der Waals surface area (Å²) in [6, 6.07) is 16.0. The number of nitrogens with one attached hydrogen (secondary N) is 2. The van der Waals surface area contributed by atoms with Crippen molar-refractivity contribution in [2.45, 2.75) is 12.5 Å². The van der Waals surface area contributed by atoms with Crippen molar-refractivity contribution in [3.05, 3.63) is 54.6 Å². The maximum absolute atomic E-state index is 12.1. The van der Waals surface area contributed by atoms with E-state index in [0.29, 0.717) is 24.4 Å². The van der Waals surface area contributed by atoms with Crippen molar-refractivity contribution in [1.29, 1.82) is 0 Å². The van der Waals surface area contributed by atoms with Crippen LogP contribution in [-0.2, 0) is 4.79 Å². The molecule has 0 bridgehead atoms. The highest BCUT2D eigenvalue weighted by atomic mass is 16.5. The van der Waals surface area contributed by atoms with Gasteiger partial charge in [-0.2, -0.15) is 0 Å². The van der Waals surface area contributed by atoms with Crippen LogP contribution in [0.2, 0.25) is 0 Å². The molecule has 1 fully saturated rings. The lowest BCUT2D eigenvalue weighted by Crippen LogP contribution is -2.39. The molecule has 2 aromatic carbocycles. The predicted octanol–water partition coefficient (Wildman–Crippen LogP) is 2.62. The number of hydrogen-bond donors (Lipinski definition) is 2. The lowest BCUT2D eigenvalue weighted by atomic mass is 10.2. The second-order valence-electron chi connectivity index (χ2n) is 5.57. The van der Waals surface area contributed by atoms with E-state index in [1.165, 1.54) is 0 Å². The van der Waals surface area contributed by atoms with E-state index in [1.54, 1.807) is 36.3 Å². The molecule has 6 nitrogen and oxygen atoms in total. The first kappa shape index (κ1) is 15.9. The van der Waals surface area contributed by atoms with Gasteiger partial charge in [0.2, 0.25) is 5.91 Å². The highest BCUT2D eigenvalue weighted by Gasteiger charge is 2.31. The molecule has 1 heterocycles. The summed E-state index contributed by atoms with van der Waals surface area (Å²) >= 11 is 0. The van der Waals surface area contributed by atoms with Crippen LogP contribution in [0.15, 0.2) is 54.6 Å². The van der Waals surface area contributed by atoms with Crippen LogP contribution in [-0.4, -0.2) is 31.6 Å². The molecule has 3 rings (SSSR count). The number of carbonyl (C=O) groups excluding carboxylic acids is 2. The van der Waals surface area contributed by atoms with Gasteiger partial charge in [-0.05, 0) is 24.3 Å². The topological polar surface area (TPSA) is 70.7 Å². The van der Waals surface area contributed by atoms with Gasteiger partial charge in [-0.15, -0.1) is 0 Å². The number of hydrogen-bond acceptors (Lipinski definition) is 3. The Labute approximate surface area is 140 Å². The van der Waals surface area contributed by atoms with Crippen molar-refractivity contribution in [3.8, 4) is 5.75 Å². The van der Waals surface area contributed by atoms with Gasteiger partial charge in [-0.3, -0.25) is 4.79 Å². The van der Waals surface area contributed by atoms with Crippen LogP contribution in [0.5, 0.6) is 5.75 Å². The molecule has 0 unspecified atom stereocenters. The largest absolute Gasteiger partial charge is 0.497 e. The highest BCUT2D eigenvalue weighted by molar-refractivity contribution is 5.97. The lowest BCUT2D eigenvalue weighted by Gasteiger charge is -2.17. The second kappa shape index (κ2) is 7.04. The van der Waals surface area contributed by atoms with Crippen LogP contribution >= 0.6 is 0 Å². The van der Waals surface area contributed by atoms with Gasteiger partial charge in [-0.1, -0.05) is 24.3 Å². The number of para-hydroxylation sites is 1. The molecule has 0 aromatic heterocycles. The van der Waals surface area contributed by atoms with Crippen molar-refractivity contribution in [2.75, 3.05) is 23.9 Å². The molecule has 6 heteroatoms. The molecule has 0 saturated carbocycles. The number of anilines is 2. The SMILES string of the molecule is COc1cccc(NC(=O)N[C@H]2CC(=O)N(c3ccccc3)C2)c1. The second-order valence-corrected chi connectivity index (χ2v) is 5.57. The zero-order valence-corrected chi connectivity index (χ0v) is 13.4. The third-order valence-corrected chi connectivity index (χ3v) is 3.86. The van der Waals surface area contributed by atoms with Gasteiger partial charge in [0.25, 0.3) is 0 Å². The van der Waals surface area contributed by atoms with Crippen molar-refractivity contribution in [2.24, 2.45) is 0 Å². The number of methoxy groups -OCH3 is 1. The van der Waals surface area contributed by atoms with Gasteiger partial charge < -0.3 is 20.3 Å². The fraction of sp³-hybridized carbons (Fsp3) is 0.222. The lowest BCUT2D eigenvalue weighted by molar-refractivity contribution is -0.117.